The Morgan fingerprint density at radius 2 is 1.83 bits per heavy atom. The highest BCUT2D eigenvalue weighted by molar-refractivity contribution is 6.08. The molecule has 1 aliphatic carbocycles. The zero-order chi connectivity index (χ0) is 21.0. The molecule has 2 aliphatic heterocycles. The Morgan fingerprint density at radius 1 is 1.10 bits per heavy atom. The molecule has 30 heavy (non-hydrogen) atoms. The molecule has 3 unspecified atom stereocenters. The van der Waals surface area contributed by atoms with E-state index in [1.165, 1.54) is 24.0 Å². The molecule has 3 aliphatic rings. The summed E-state index contributed by atoms with van der Waals surface area (Å²) in [6, 6.07) is 11.2. The largest absolute Gasteiger partial charge is 0.474 e. The van der Waals surface area contributed by atoms with E-state index in [1.54, 1.807) is 6.92 Å². The number of nitrogens with one attached hydrogen (secondary N) is 1. The van der Waals surface area contributed by atoms with Crippen molar-refractivity contribution < 1.29 is 23.1 Å². The summed E-state index contributed by atoms with van der Waals surface area (Å²) in [7, 11) is 0. The number of hydrogen-bond acceptors (Lipinski definition) is 3. The van der Waals surface area contributed by atoms with Crippen LogP contribution in [0.2, 0.25) is 0 Å². The van der Waals surface area contributed by atoms with Gasteiger partial charge < -0.3 is 10.1 Å². The number of ether oxygens (including phenoxy) is 1. The number of halogens is 2. The van der Waals surface area contributed by atoms with Crippen LogP contribution in [0.4, 0.5) is 14.5 Å². The van der Waals surface area contributed by atoms with Crippen LogP contribution in [0.1, 0.15) is 24.1 Å². The maximum Gasteiger partial charge on any atom is 0.257 e. The first-order chi connectivity index (χ1) is 14.5. The molecule has 1 fully saturated rings. The molecule has 2 heterocycles. The van der Waals surface area contributed by atoms with Gasteiger partial charge in [-0.25, -0.2) is 8.78 Å². The lowest BCUT2D eigenvalue weighted by atomic mass is 9.97. The van der Waals surface area contributed by atoms with Gasteiger partial charge in [0.05, 0.1) is 17.9 Å². The van der Waals surface area contributed by atoms with Gasteiger partial charge in [-0.3, -0.25) is 14.5 Å². The highest BCUT2D eigenvalue weighted by Gasteiger charge is 2.44. The number of carbonyl (C=O) groups is 2. The first-order valence-corrected chi connectivity index (χ1v) is 9.66. The van der Waals surface area contributed by atoms with Gasteiger partial charge in [0, 0.05) is 11.5 Å². The Balaban J connectivity index is 1.44. The van der Waals surface area contributed by atoms with E-state index in [4.69, 9.17) is 4.74 Å². The monoisotopic (exact) mass is 408 g/mol. The molecule has 5 rings (SSSR count). The second-order valence-corrected chi connectivity index (χ2v) is 7.66. The lowest BCUT2D eigenvalue weighted by Crippen LogP contribution is -2.37. The molecule has 1 N–H and O–H groups in total. The second-order valence-electron chi connectivity index (χ2n) is 7.66. The number of anilines is 1. The molecule has 2 aromatic rings. The Labute approximate surface area is 171 Å². The van der Waals surface area contributed by atoms with Crippen LogP contribution >= 0.6 is 0 Å². The smallest absolute Gasteiger partial charge is 0.257 e. The van der Waals surface area contributed by atoms with Gasteiger partial charge in [-0.05, 0) is 42.7 Å². The fourth-order valence-corrected chi connectivity index (χ4v) is 4.45. The fraction of sp³-hybridized carbons (Fsp3) is 0.217. The Hall–Kier alpha value is -3.48. The second kappa shape index (κ2) is 6.79. The van der Waals surface area contributed by atoms with Crippen molar-refractivity contribution in [2.45, 2.75) is 25.6 Å². The quantitative estimate of drug-likeness (QED) is 0.625. The highest BCUT2D eigenvalue weighted by atomic mass is 19.1. The van der Waals surface area contributed by atoms with Gasteiger partial charge in [-0.1, -0.05) is 30.3 Å². The fourth-order valence-electron chi connectivity index (χ4n) is 4.45. The third-order valence-electron chi connectivity index (χ3n) is 5.90. The minimum atomic E-state index is -1.05. The number of rotatable bonds is 3. The number of nitrogens with zero attached hydrogens (tertiary/aromatic N) is 1. The molecule has 0 saturated carbocycles. The predicted octanol–water partition coefficient (Wildman–Crippen LogP) is 3.53. The first-order valence-electron chi connectivity index (χ1n) is 9.66. The molecular formula is C23H18F2N2O3. The van der Waals surface area contributed by atoms with Crippen molar-refractivity contribution in [1.82, 2.24) is 5.32 Å². The first kappa shape index (κ1) is 18.5. The lowest BCUT2D eigenvalue weighted by molar-refractivity contribution is -0.116. The van der Waals surface area contributed by atoms with Gasteiger partial charge >= 0.3 is 0 Å². The van der Waals surface area contributed by atoms with E-state index < -0.39 is 29.5 Å². The number of para-hydroxylation sites is 1. The summed E-state index contributed by atoms with van der Waals surface area (Å²) >= 11 is 0. The zero-order valence-electron chi connectivity index (χ0n) is 16.1. The number of amides is 2. The van der Waals surface area contributed by atoms with Crippen LogP contribution < -0.4 is 10.2 Å². The molecule has 0 bridgehead atoms. The SMILES string of the molecule is CC1=CC(O/C=C2/C(=O)NC3c4ccccc4CC23)N(c2c(F)cccc2F)C1=O. The van der Waals surface area contributed by atoms with Gasteiger partial charge in [0.25, 0.3) is 11.8 Å². The Bertz CT molecular complexity index is 1120. The molecule has 2 amide bonds. The topological polar surface area (TPSA) is 58.6 Å². The number of hydrogen-bond donors (Lipinski definition) is 1. The molecule has 0 spiro atoms. The maximum atomic E-state index is 14.3. The van der Waals surface area contributed by atoms with Crippen LogP contribution in [0.3, 0.4) is 0 Å². The molecular weight excluding hydrogens is 390 g/mol. The van der Waals surface area contributed by atoms with Crippen LogP contribution in [-0.4, -0.2) is 18.0 Å². The minimum absolute atomic E-state index is 0.0873. The lowest BCUT2D eigenvalue weighted by Gasteiger charge is -2.25. The Kier molecular flexibility index (Phi) is 4.20. The highest BCUT2D eigenvalue weighted by Crippen LogP contribution is 2.44. The van der Waals surface area contributed by atoms with Crippen LogP contribution in [-0.2, 0) is 20.7 Å². The third-order valence-corrected chi connectivity index (χ3v) is 5.90. The summed E-state index contributed by atoms with van der Waals surface area (Å²) in [6.07, 6.45) is 2.45. The van der Waals surface area contributed by atoms with E-state index in [2.05, 4.69) is 5.32 Å². The van der Waals surface area contributed by atoms with E-state index >= 15 is 0 Å². The van der Waals surface area contributed by atoms with E-state index in [1.807, 2.05) is 24.3 Å². The van der Waals surface area contributed by atoms with E-state index in [0.717, 1.165) is 22.6 Å². The normalized spacial score (nSPS) is 26.0. The third kappa shape index (κ3) is 2.73. The number of fused-ring (bicyclic) bond motifs is 3. The standard InChI is InChI=1S/C23H18F2N2O3/c1-12-9-19(27(23(12)29)21-17(24)7-4-8-18(21)25)30-11-16-15-10-13-5-2-3-6-14(13)20(15)26-22(16)28/h2-9,11,15,19-20H,10H2,1H3,(H,26,28)/b16-11+. The van der Waals surface area contributed by atoms with Crippen LogP contribution in [0.25, 0.3) is 0 Å². The van der Waals surface area contributed by atoms with E-state index in [9.17, 15) is 18.4 Å². The number of benzene rings is 2. The van der Waals surface area contributed by atoms with Gasteiger partial charge in [0.15, 0.2) is 6.23 Å². The average molecular weight is 408 g/mol. The molecule has 3 atom stereocenters. The van der Waals surface area contributed by atoms with Crippen LogP contribution in [0.5, 0.6) is 0 Å². The summed E-state index contributed by atoms with van der Waals surface area (Å²) in [4.78, 5) is 26.0. The molecule has 0 radical (unpaired) electrons. The van der Waals surface area contributed by atoms with Crippen molar-refractivity contribution in [3.63, 3.8) is 0 Å². The van der Waals surface area contributed by atoms with Gasteiger partial charge in [-0.15, -0.1) is 0 Å². The molecule has 2 aromatic carbocycles. The van der Waals surface area contributed by atoms with Crippen molar-refractivity contribution in [2.24, 2.45) is 5.92 Å². The van der Waals surface area contributed by atoms with E-state index in [0.29, 0.717) is 17.6 Å². The van der Waals surface area contributed by atoms with Crippen molar-refractivity contribution in [3.05, 3.63) is 88.7 Å². The summed E-state index contributed by atoms with van der Waals surface area (Å²) < 4.78 is 34.4. The Morgan fingerprint density at radius 3 is 2.60 bits per heavy atom. The van der Waals surface area contributed by atoms with Crippen LogP contribution in [0, 0.1) is 17.6 Å². The molecule has 152 valence electrons. The maximum absolute atomic E-state index is 14.3. The predicted molar refractivity (Wildman–Crippen MR) is 105 cm³/mol. The van der Waals surface area contributed by atoms with Crippen molar-refractivity contribution >= 4 is 17.5 Å². The number of carbonyl (C=O) groups excluding carboxylic acids is 2. The molecule has 0 aromatic heterocycles. The molecule has 1 saturated heterocycles. The summed E-state index contributed by atoms with van der Waals surface area (Å²) in [5.74, 6) is -2.61. The zero-order valence-corrected chi connectivity index (χ0v) is 16.1. The van der Waals surface area contributed by atoms with Crippen molar-refractivity contribution in [3.8, 4) is 0 Å². The van der Waals surface area contributed by atoms with Gasteiger partial charge in [-0.2, -0.15) is 0 Å². The van der Waals surface area contributed by atoms with E-state index in [-0.39, 0.29) is 17.9 Å². The molecule has 7 heteroatoms. The summed E-state index contributed by atoms with van der Waals surface area (Å²) in [6.45, 7) is 1.55. The van der Waals surface area contributed by atoms with Crippen LogP contribution in [0.15, 0.2) is 65.9 Å². The van der Waals surface area contributed by atoms with Gasteiger partial charge in [0.1, 0.15) is 17.3 Å². The molecule has 5 nitrogen and oxygen atoms in total. The van der Waals surface area contributed by atoms with Crippen molar-refractivity contribution in [2.75, 3.05) is 4.90 Å². The van der Waals surface area contributed by atoms with Gasteiger partial charge in [0.2, 0.25) is 0 Å². The summed E-state index contributed by atoms with van der Waals surface area (Å²) in [5.41, 5.74) is 2.54. The summed E-state index contributed by atoms with van der Waals surface area (Å²) in [5, 5.41) is 2.97. The average Bonchev–Trinajstić information content (AvgIpc) is 3.31. The van der Waals surface area contributed by atoms with Crippen molar-refractivity contribution in [1.29, 1.82) is 0 Å². The minimum Gasteiger partial charge on any atom is -0.474 e.